The number of amides is 1. The van der Waals surface area contributed by atoms with E-state index in [1.54, 1.807) is 7.11 Å². The number of aromatic nitrogens is 4. The van der Waals surface area contributed by atoms with Gasteiger partial charge in [0, 0.05) is 43.2 Å². The number of rotatable bonds is 8. The number of aryl methyl sites for hydroxylation is 3. The molecule has 0 saturated carbocycles. The van der Waals surface area contributed by atoms with Crippen molar-refractivity contribution in [1.29, 1.82) is 0 Å². The highest BCUT2D eigenvalue weighted by Crippen LogP contribution is 2.25. The van der Waals surface area contributed by atoms with Crippen LogP contribution in [-0.2, 0) is 17.9 Å². The smallest absolute Gasteiger partial charge is 0.220 e. The molecule has 3 aromatic heterocycles. The Morgan fingerprint density at radius 1 is 1.13 bits per heavy atom. The summed E-state index contributed by atoms with van der Waals surface area (Å²) >= 11 is 0. The van der Waals surface area contributed by atoms with Gasteiger partial charge in [-0.05, 0) is 50.1 Å². The Morgan fingerprint density at radius 3 is 2.68 bits per heavy atom. The monoisotopic (exact) mass is 417 g/mol. The Balaban J connectivity index is 1.44. The molecule has 0 fully saturated rings. The van der Waals surface area contributed by atoms with Crippen molar-refractivity contribution >= 4 is 16.9 Å². The van der Waals surface area contributed by atoms with Gasteiger partial charge in [-0.1, -0.05) is 18.2 Å². The van der Waals surface area contributed by atoms with E-state index in [1.165, 1.54) is 0 Å². The summed E-state index contributed by atoms with van der Waals surface area (Å²) in [6, 6.07) is 13.7. The zero-order valence-electron chi connectivity index (χ0n) is 18.1. The number of benzene rings is 1. The van der Waals surface area contributed by atoms with Crippen molar-refractivity contribution in [2.45, 2.75) is 39.8 Å². The van der Waals surface area contributed by atoms with Crippen LogP contribution in [0, 0.1) is 13.8 Å². The van der Waals surface area contributed by atoms with Gasteiger partial charge in [-0.25, -0.2) is 9.67 Å². The zero-order chi connectivity index (χ0) is 21.8. The third kappa shape index (κ3) is 4.45. The number of para-hydroxylation sites is 1. The third-order valence-electron chi connectivity index (χ3n) is 5.30. The van der Waals surface area contributed by atoms with Gasteiger partial charge in [-0.3, -0.25) is 4.79 Å². The lowest BCUT2D eigenvalue weighted by Gasteiger charge is -2.09. The molecule has 0 atom stereocenters. The second-order valence-electron chi connectivity index (χ2n) is 7.61. The van der Waals surface area contributed by atoms with Crippen LogP contribution in [0.3, 0.4) is 0 Å². The average Bonchev–Trinajstić information content (AvgIpc) is 3.41. The summed E-state index contributed by atoms with van der Waals surface area (Å²) in [5.74, 6) is 1.65. The molecule has 0 unspecified atom stereocenters. The summed E-state index contributed by atoms with van der Waals surface area (Å²) in [6.07, 6.45) is 5.06. The lowest BCUT2D eigenvalue weighted by atomic mass is 10.1. The van der Waals surface area contributed by atoms with E-state index < -0.39 is 0 Å². The highest BCUT2D eigenvalue weighted by Gasteiger charge is 2.16. The van der Waals surface area contributed by atoms with Crippen molar-refractivity contribution in [3.05, 3.63) is 71.7 Å². The molecule has 7 heteroatoms. The van der Waals surface area contributed by atoms with Gasteiger partial charge in [-0.15, -0.1) is 0 Å². The number of hydrogen-bond donors (Lipinski definition) is 1. The summed E-state index contributed by atoms with van der Waals surface area (Å²) in [7, 11) is 1.63. The number of methoxy groups -OCH3 is 1. The molecule has 31 heavy (non-hydrogen) atoms. The van der Waals surface area contributed by atoms with Gasteiger partial charge in [0.2, 0.25) is 5.91 Å². The van der Waals surface area contributed by atoms with Crippen molar-refractivity contribution in [3.8, 4) is 11.6 Å². The first-order valence-electron chi connectivity index (χ1n) is 10.4. The van der Waals surface area contributed by atoms with E-state index in [1.807, 2.05) is 65.0 Å². The molecule has 0 radical (unpaired) electrons. The van der Waals surface area contributed by atoms with Gasteiger partial charge < -0.3 is 14.6 Å². The summed E-state index contributed by atoms with van der Waals surface area (Å²) in [5, 5.41) is 8.83. The first-order chi connectivity index (χ1) is 15.1. The summed E-state index contributed by atoms with van der Waals surface area (Å²) in [4.78, 5) is 17.1. The average molecular weight is 418 g/mol. The molecule has 0 aliphatic rings. The number of carbonyl (C=O) groups excluding carboxylic acids is 1. The van der Waals surface area contributed by atoms with Crippen LogP contribution < -0.4 is 10.1 Å². The number of fused-ring (bicyclic) bond motifs is 1. The molecule has 0 saturated heterocycles. The molecule has 4 rings (SSSR count). The molecular weight excluding hydrogens is 390 g/mol. The lowest BCUT2D eigenvalue weighted by Crippen LogP contribution is -2.23. The van der Waals surface area contributed by atoms with Crippen molar-refractivity contribution in [1.82, 2.24) is 24.6 Å². The van der Waals surface area contributed by atoms with Crippen LogP contribution in [-0.4, -0.2) is 32.3 Å². The van der Waals surface area contributed by atoms with Gasteiger partial charge in [0.15, 0.2) is 11.5 Å². The van der Waals surface area contributed by atoms with Crippen molar-refractivity contribution in [2.75, 3.05) is 7.11 Å². The number of pyridine rings is 1. The molecule has 4 aromatic rings. The first kappa shape index (κ1) is 20.7. The highest BCUT2D eigenvalue weighted by molar-refractivity contribution is 5.87. The Hall–Kier alpha value is -3.61. The number of nitrogens with one attached hydrogen (secondary N) is 1. The molecule has 0 bridgehead atoms. The fourth-order valence-corrected chi connectivity index (χ4v) is 3.82. The molecule has 1 N–H and O–H groups in total. The van der Waals surface area contributed by atoms with Gasteiger partial charge >= 0.3 is 0 Å². The van der Waals surface area contributed by atoms with E-state index in [0.717, 1.165) is 39.4 Å². The van der Waals surface area contributed by atoms with Gasteiger partial charge in [0.25, 0.3) is 0 Å². The van der Waals surface area contributed by atoms with E-state index in [4.69, 9.17) is 14.8 Å². The molecule has 0 spiro atoms. The van der Waals surface area contributed by atoms with Crippen molar-refractivity contribution in [3.63, 3.8) is 0 Å². The number of nitrogens with zero attached hydrogens (tertiary/aromatic N) is 4. The van der Waals surface area contributed by atoms with Crippen molar-refractivity contribution in [2.24, 2.45) is 0 Å². The standard InChI is InChI=1S/C24H27N5O2/c1-17-15-18(2)26-23-22(17)24(28-12-6-7-13-28)27-29(23)14-8-11-21(30)25-16-19-9-4-5-10-20(19)31-3/h4-7,9-10,12-13,15H,8,11,14,16H2,1-3H3,(H,25,30). The van der Waals surface area contributed by atoms with E-state index in [9.17, 15) is 4.79 Å². The van der Waals surface area contributed by atoms with E-state index in [0.29, 0.717) is 25.9 Å². The number of carbonyl (C=O) groups is 1. The second kappa shape index (κ2) is 9.04. The fraction of sp³-hybridized carbons (Fsp3) is 0.292. The number of hydrogen-bond acceptors (Lipinski definition) is 4. The fourth-order valence-electron chi connectivity index (χ4n) is 3.82. The normalized spacial score (nSPS) is 11.1. The van der Waals surface area contributed by atoms with E-state index >= 15 is 0 Å². The minimum Gasteiger partial charge on any atom is -0.496 e. The van der Waals surface area contributed by atoms with Gasteiger partial charge in [0.05, 0.1) is 12.5 Å². The first-order valence-corrected chi connectivity index (χ1v) is 10.4. The summed E-state index contributed by atoms with van der Waals surface area (Å²) in [6.45, 7) is 5.15. The van der Waals surface area contributed by atoms with Crippen LogP contribution in [0.25, 0.3) is 16.9 Å². The largest absolute Gasteiger partial charge is 0.496 e. The van der Waals surface area contributed by atoms with Crippen LogP contribution in [0.4, 0.5) is 0 Å². The molecule has 0 aliphatic carbocycles. The summed E-state index contributed by atoms with van der Waals surface area (Å²) < 4.78 is 9.26. The lowest BCUT2D eigenvalue weighted by molar-refractivity contribution is -0.121. The predicted molar refractivity (Wildman–Crippen MR) is 120 cm³/mol. The molecule has 0 aliphatic heterocycles. The zero-order valence-corrected chi connectivity index (χ0v) is 18.1. The predicted octanol–water partition coefficient (Wildman–Crippen LogP) is 3.94. The van der Waals surface area contributed by atoms with Crippen LogP contribution in [0.1, 0.15) is 29.7 Å². The summed E-state index contributed by atoms with van der Waals surface area (Å²) in [5.41, 5.74) is 3.92. The van der Waals surface area contributed by atoms with Crippen molar-refractivity contribution < 1.29 is 9.53 Å². The maximum Gasteiger partial charge on any atom is 0.220 e. The van der Waals surface area contributed by atoms with E-state index in [2.05, 4.69) is 18.3 Å². The SMILES string of the molecule is COc1ccccc1CNC(=O)CCCn1nc(-n2cccc2)c2c(C)cc(C)nc21. The van der Waals surface area contributed by atoms with E-state index in [-0.39, 0.29) is 5.91 Å². The van der Waals surface area contributed by atoms with Gasteiger partial charge in [-0.2, -0.15) is 5.10 Å². The topological polar surface area (TPSA) is 74.0 Å². The minimum absolute atomic E-state index is 0.00770. The van der Waals surface area contributed by atoms with Crippen LogP contribution >= 0.6 is 0 Å². The molecular formula is C24H27N5O2. The Morgan fingerprint density at radius 2 is 1.90 bits per heavy atom. The Kier molecular flexibility index (Phi) is 6.02. The third-order valence-corrected chi connectivity index (χ3v) is 5.30. The quantitative estimate of drug-likeness (QED) is 0.471. The Labute approximate surface area is 181 Å². The molecule has 160 valence electrons. The molecule has 3 heterocycles. The maximum atomic E-state index is 12.4. The number of ether oxygens (including phenoxy) is 1. The minimum atomic E-state index is 0.00770. The van der Waals surface area contributed by atoms with Crippen LogP contribution in [0.5, 0.6) is 5.75 Å². The van der Waals surface area contributed by atoms with Gasteiger partial charge in [0.1, 0.15) is 5.75 Å². The second-order valence-corrected chi connectivity index (χ2v) is 7.61. The Bertz CT molecular complexity index is 1190. The maximum absolute atomic E-state index is 12.4. The molecule has 7 nitrogen and oxygen atoms in total. The molecule has 1 amide bonds. The molecule has 1 aromatic carbocycles. The highest BCUT2D eigenvalue weighted by atomic mass is 16.5. The van der Waals surface area contributed by atoms with Crippen LogP contribution in [0.15, 0.2) is 54.9 Å². The van der Waals surface area contributed by atoms with Crippen LogP contribution in [0.2, 0.25) is 0 Å².